The molecule has 0 aromatic rings. The maximum absolute atomic E-state index is 11.9. The van der Waals surface area contributed by atoms with E-state index >= 15 is 0 Å². The van der Waals surface area contributed by atoms with Crippen molar-refractivity contribution in [2.24, 2.45) is 0 Å². The second-order valence-corrected chi connectivity index (χ2v) is 4.80. The van der Waals surface area contributed by atoms with Crippen LogP contribution in [0.2, 0.25) is 0 Å². The van der Waals surface area contributed by atoms with Crippen LogP contribution in [-0.4, -0.2) is 74.5 Å². The maximum atomic E-state index is 11.9. The van der Waals surface area contributed by atoms with Crippen LogP contribution in [0.25, 0.3) is 0 Å². The largest absolute Gasteiger partial charge is 0.344 e. The lowest BCUT2D eigenvalue weighted by Crippen LogP contribution is -2.41. The quantitative estimate of drug-likeness (QED) is 0.605. The molecule has 0 heterocycles. The molecule has 5 heteroatoms. The molecule has 0 aromatic heterocycles. The van der Waals surface area contributed by atoms with Gasteiger partial charge in [0, 0.05) is 26.7 Å². The Kier molecular flexibility index (Phi) is 9.25. The smallest absolute Gasteiger partial charge is 0.236 e. The lowest BCUT2D eigenvalue weighted by atomic mass is 10.3. The Hall–Kier alpha value is -1.12. The van der Waals surface area contributed by atoms with Gasteiger partial charge in [-0.2, -0.15) is 5.26 Å². The number of nitrogens with zero attached hydrogens (tertiary/aromatic N) is 4. The molecule has 0 fully saturated rings. The highest BCUT2D eigenvalue weighted by atomic mass is 16.2. The van der Waals surface area contributed by atoms with Gasteiger partial charge in [0.1, 0.15) is 0 Å². The van der Waals surface area contributed by atoms with Crippen molar-refractivity contribution in [2.45, 2.75) is 19.8 Å². The molecule has 1 amide bonds. The summed E-state index contributed by atoms with van der Waals surface area (Å²) >= 11 is 0. The van der Waals surface area contributed by atoms with Gasteiger partial charge in [0.2, 0.25) is 5.91 Å². The molecule has 0 aliphatic heterocycles. The van der Waals surface area contributed by atoms with Gasteiger partial charge in [-0.3, -0.25) is 9.69 Å². The molecular formula is C13H26N4O. The number of likely N-dealkylation sites (N-methyl/N-ethyl adjacent to an activating group) is 2. The molecule has 0 aliphatic rings. The van der Waals surface area contributed by atoms with Gasteiger partial charge in [-0.05, 0) is 27.1 Å². The molecule has 0 aliphatic carbocycles. The zero-order valence-electron chi connectivity index (χ0n) is 12.1. The molecule has 18 heavy (non-hydrogen) atoms. The molecule has 0 spiro atoms. The Balaban J connectivity index is 4.13. The molecule has 0 unspecified atom stereocenters. The fourth-order valence-corrected chi connectivity index (χ4v) is 1.58. The van der Waals surface area contributed by atoms with Crippen LogP contribution in [0.4, 0.5) is 0 Å². The van der Waals surface area contributed by atoms with E-state index in [-0.39, 0.29) is 5.91 Å². The number of carbonyl (C=O) groups excluding carboxylic acids is 1. The van der Waals surface area contributed by atoms with Crippen molar-refractivity contribution in [3.8, 4) is 6.07 Å². The molecular weight excluding hydrogens is 228 g/mol. The standard InChI is InChI=1S/C13H26N4O/c1-5-8-17(11-10-15(2)3)12-13(18)16(4)9-6-7-14/h5-6,8-12H2,1-4H3. The highest BCUT2D eigenvalue weighted by Gasteiger charge is 2.13. The summed E-state index contributed by atoms with van der Waals surface area (Å²) in [4.78, 5) is 17.9. The predicted octanol–water partition coefficient (Wildman–Crippen LogP) is 0.632. The summed E-state index contributed by atoms with van der Waals surface area (Å²) in [5, 5.41) is 8.50. The number of rotatable bonds is 9. The van der Waals surface area contributed by atoms with Crippen molar-refractivity contribution in [1.29, 1.82) is 5.26 Å². The van der Waals surface area contributed by atoms with E-state index in [1.54, 1.807) is 11.9 Å². The monoisotopic (exact) mass is 254 g/mol. The van der Waals surface area contributed by atoms with Gasteiger partial charge in [0.15, 0.2) is 0 Å². The van der Waals surface area contributed by atoms with Crippen LogP contribution in [0.1, 0.15) is 19.8 Å². The van der Waals surface area contributed by atoms with Crippen molar-refractivity contribution in [3.63, 3.8) is 0 Å². The minimum absolute atomic E-state index is 0.0949. The number of hydrogen-bond donors (Lipinski definition) is 0. The van der Waals surface area contributed by atoms with Crippen molar-refractivity contribution in [2.75, 3.05) is 53.9 Å². The molecule has 0 aromatic carbocycles. The zero-order chi connectivity index (χ0) is 14.0. The number of nitriles is 1. The summed E-state index contributed by atoms with van der Waals surface area (Å²) in [5.41, 5.74) is 0. The Morgan fingerprint density at radius 2 is 1.78 bits per heavy atom. The molecule has 0 rings (SSSR count). The lowest BCUT2D eigenvalue weighted by Gasteiger charge is -2.25. The Bertz CT molecular complexity index is 273. The maximum Gasteiger partial charge on any atom is 0.236 e. The third kappa shape index (κ3) is 8.04. The summed E-state index contributed by atoms with van der Waals surface area (Å²) in [7, 11) is 5.83. The van der Waals surface area contributed by atoms with Crippen LogP contribution in [0.5, 0.6) is 0 Å². The fourth-order valence-electron chi connectivity index (χ4n) is 1.58. The van der Waals surface area contributed by atoms with Crippen molar-refractivity contribution in [3.05, 3.63) is 0 Å². The topological polar surface area (TPSA) is 50.6 Å². The molecule has 0 bridgehead atoms. The van der Waals surface area contributed by atoms with Gasteiger partial charge >= 0.3 is 0 Å². The normalized spacial score (nSPS) is 10.7. The van der Waals surface area contributed by atoms with Crippen molar-refractivity contribution < 1.29 is 4.79 Å². The summed E-state index contributed by atoms with van der Waals surface area (Å²) in [6, 6.07) is 2.06. The van der Waals surface area contributed by atoms with Crippen LogP contribution < -0.4 is 0 Å². The van der Waals surface area contributed by atoms with Gasteiger partial charge in [-0.1, -0.05) is 6.92 Å². The van der Waals surface area contributed by atoms with E-state index in [0.29, 0.717) is 19.5 Å². The number of carbonyl (C=O) groups is 1. The van der Waals surface area contributed by atoms with E-state index in [1.807, 2.05) is 14.1 Å². The SMILES string of the molecule is CCCN(CCN(C)C)CC(=O)N(C)CCC#N. The molecule has 0 saturated carbocycles. The van der Waals surface area contributed by atoms with Gasteiger partial charge in [0.05, 0.1) is 19.0 Å². The lowest BCUT2D eigenvalue weighted by molar-refractivity contribution is -0.131. The average Bonchev–Trinajstić information content (AvgIpc) is 2.33. The third-order valence-corrected chi connectivity index (χ3v) is 2.75. The van der Waals surface area contributed by atoms with Gasteiger partial charge in [-0.25, -0.2) is 0 Å². The van der Waals surface area contributed by atoms with Crippen LogP contribution in [0, 0.1) is 11.3 Å². The fraction of sp³-hybridized carbons (Fsp3) is 0.846. The number of amides is 1. The highest BCUT2D eigenvalue weighted by molar-refractivity contribution is 5.77. The first-order valence-electron chi connectivity index (χ1n) is 6.49. The van der Waals surface area contributed by atoms with E-state index in [2.05, 4.69) is 22.8 Å². The summed E-state index contributed by atoms with van der Waals surface area (Å²) in [5.74, 6) is 0.0949. The third-order valence-electron chi connectivity index (χ3n) is 2.75. The van der Waals surface area contributed by atoms with Crippen LogP contribution in [0.3, 0.4) is 0 Å². The van der Waals surface area contributed by atoms with E-state index in [0.717, 1.165) is 26.1 Å². The van der Waals surface area contributed by atoms with Crippen molar-refractivity contribution >= 4 is 5.91 Å². The minimum atomic E-state index is 0.0949. The predicted molar refractivity (Wildman–Crippen MR) is 73.2 cm³/mol. The molecule has 0 radical (unpaired) electrons. The zero-order valence-corrected chi connectivity index (χ0v) is 12.1. The van der Waals surface area contributed by atoms with Crippen molar-refractivity contribution in [1.82, 2.24) is 14.7 Å². The average molecular weight is 254 g/mol. The summed E-state index contributed by atoms with van der Waals surface area (Å²) in [6.45, 7) is 5.87. The molecule has 0 saturated heterocycles. The van der Waals surface area contributed by atoms with Gasteiger partial charge in [0.25, 0.3) is 0 Å². The van der Waals surface area contributed by atoms with E-state index in [9.17, 15) is 4.79 Å². The Morgan fingerprint density at radius 3 is 2.28 bits per heavy atom. The van der Waals surface area contributed by atoms with E-state index in [4.69, 9.17) is 5.26 Å². The second kappa shape index (κ2) is 9.86. The molecule has 0 N–H and O–H groups in total. The van der Waals surface area contributed by atoms with Crippen LogP contribution >= 0.6 is 0 Å². The molecule has 0 atom stereocenters. The Labute approximate surface area is 111 Å². The first kappa shape index (κ1) is 16.9. The molecule has 104 valence electrons. The summed E-state index contributed by atoms with van der Waals surface area (Å²) in [6.07, 6.45) is 1.44. The van der Waals surface area contributed by atoms with E-state index in [1.165, 1.54) is 0 Å². The first-order valence-corrected chi connectivity index (χ1v) is 6.49. The number of hydrogen-bond acceptors (Lipinski definition) is 4. The van der Waals surface area contributed by atoms with Gasteiger partial charge < -0.3 is 9.80 Å². The molecule has 5 nitrogen and oxygen atoms in total. The van der Waals surface area contributed by atoms with Gasteiger partial charge in [-0.15, -0.1) is 0 Å². The van der Waals surface area contributed by atoms with E-state index < -0.39 is 0 Å². The second-order valence-electron chi connectivity index (χ2n) is 4.80. The highest BCUT2D eigenvalue weighted by Crippen LogP contribution is 1.96. The summed E-state index contributed by atoms with van der Waals surface area (Å²) < 4.78 is 0. The Morgan fingerprint density at radius 1 is 1.11 bits per heavy atom. The minimum Gasteiger partial charge on any atom is -0.344 e. The first-order chi connectivity index (χ1) is 8.51. The van der Waals surface area contributed by atoms with Crippen LogP contribution in [-0.2, 0) is 4.79 Å². The van der Waals surface area contributed by atoms with Crippen LogP contribution in [0.15, 0.2) is 0 Å².